The summed E-state index contributed by atoms with van der Waals surface area (Å²) in [5.74, 6) is -1.07. The standard InChI is InChI=1S/C23H16F2N6O/c1-32-16-5-2-4-14(10-16)19-9-8-15(29-30-19)12-31-13-21-20(11-26-31)27-23(28-21)17-6-3-7-18(24)22(17)25/h2-11,13H,12H2,1H3. The van der Waals surface area contributed by atoms with Gasteiger partial charge in [0.05, 0.1) is 43.0 Å². The van der Waals surface area contributed by atoms with Crippen LogP contribution in [0.5, 0.6) is 5.75 Å². The van der Waals surface area contributed by atoms with Gasteiger partial charge in [0.25, 0.3) is 0 Å². The van der Waals surface area contributed by atoms with Gasteiger partial charge in [-0.3, -0.25) is 4.68 Å². The third kappa shape index (κ3) is 3.76. The van der Waals surface area contributed by atoms with Gasteiger partial charge in [-0.2, -0.15) is 15.3 Å². The highest BCUT2D eigenvalue weighted by Gasteiger charge is 2.18. The van der Waals surface area contributed by atoms with Crippen LogP contribution in [-0.2, 0) is 6.54 Å². The summed E-state index contributed by atoms with van der Waals surface area (Å²) in [4.78, 5) is 8.59. The van der Waals surface area contributed by atoms with Gasteiger partial charge in [0.15, 0.2) is 17.5 Å². The van der Waals surface area contributed by atoms with Gasteiger partial charge >= 0.3 is 0 Å². The maximum atomic E-state index is 14.1. The number of aromatic nitrogens is 6. The topological polar surface area (TPSA) is 78.6 Å². The number of methoxy groups -OCH3 is 1. The number of nitrogens with zero attached hydrogens (tertiary/aromatic N) is 6. The molecule has 2 aromatic carbocycles. The molecule has 2 aliphatic rings. The van der Waals surface area contributed by atoms with Crippen LogP contribution in [0.1, 0.15) is 5.69 Å². The smallest absolute Gasteiger partial charge is 0.169 e. The highest BCUT2D eigenvalue weighted by Crippen LogP contribution is 2.27. The highest BCUT2D eigenvalue weighted by atomic mass is 19.2. The third-order valence-electron chi connectivity index (χ3n) is 4.92. The summed E-state index contributed by atoms with van der Waals surface area (Å²) in [6.45, 7) is 0.359. The number of hydrogen-bond donors (Lipinski definition) is 0. The molecule has 0 aliphatic carbocycles. The molecular weight excluding hydrogens is 414 g/mol. The van der Waals surface area contributed by atoms with Gasteiger partial charge in [-0.1, -0.05) is 18.2 Å². The first-order valence-electron chi connectivity index (χ1n) is 9.72. The fraction of sp³-hybridized carbons (Fsp3) is 0.0870. The van der Waals surface area contributed by atoms with E-state index in [-0.39, 0.29) is 11.4 Å². The number of benzene rings is 2. The Kier molecular flexibility index (Phi) is 4.98. The molecule has 0 saturated carbocycles. The van der Waals surface area contributed by atoms with E-state index in [2.05, 4.69) is 25.3 Å². The minimum atomic E-state index is -0.977. The lowest BCUT2D eigenvalue weighted by Crippen LogP contribution is -2.07. The molecule has 0 radical (unpaired) electrons. The SMILES string of the molecule is COc1cccc(-c2ccc(Cn3cc4nc(-c5cccc(F)c5F)nc-4cn3)nn2)c1. The number of halogens is 2. The van der Waals surface area contributed by atoms with E-state index in [0.717, 1.165) is 23.1 Å². The van der Waals surface area contributed by atoms with Crippen molar-refractivity contribution in [2.75, 3.05) is 7.11 Å². The summed E-state index contributed by atoms with van der Waals surface area (Å²) < 4.78 is 34.5. The lowest BCUT2D eigenvalue weighted by Gasteiger charge is -2.07. The van der Waals surface area contributed by atoms with Crippen molar-refractivity contribution in [3.8, 4) is 39.8 Å². The first kappa shape index (κ1) is 19.7. The predicted molar refractivity (Wildman–Crippen MR) is 113 cm³/mol. The predicted octanol–water partition coefficient (Wildman–Crippen LogP) is 4.24. The molecule has 5 rings (SSSR count). The molecule has 158 valence electrons. The van der Waals surface area contributed by atoms with Crippen molar-refractivity contribution in [1.29, 1.82) is 0 Å². The number of hydrogen-bond acceptors (Lipinski definition) is 6. The van der Waals surface area contributed by atoms with Crippen molar-refractivity contribution in [2.45, 2.75) is 6.54 Å². The van der Waals surface area contributed by atoms with Gasteiger partial charge in [0, 0.05) is 5.56 Å². The lowest BCUT2D eigenvalue weighted by molar-refractivity contribution is 0.415. The van der Waals surface area contributed by atoms with E-state index in [9.17, 15) is 8.78 Å². The summed E-state index contributed by atoms with van der Waals surface area (Å²) in [6.07, 6.45) is 3.21. The van der Waals surface area contributed by atoms with E-state index in [1.807, 2.05) is 36.4 Å². The molecule has 0 unspecified atom stereocenters. The second-order valence-electron chi connectivity index (χ2n) is 7.03. The number of ether oxygens (including phenoxy) is 1. The van der Waals surface area contributed by atoms with Crippen LogP contribution in [0.15, 0.2) is 67.0 Å². The minimum Gasteiger partial charge on any atom is -0.497 e. The van der Waals surface area contributed by atoms with Gasteiger partial charge < -0.3 is 4.74 Å². The summed E-state index contributed by atoms with van der Waals surface area (Å²) in [5.41, 5.74) is 3.33. The molecule has 7 nitrogen and oxygen atoms in total. The zero-order valence-corrected chi connectivity index (χ0v) is 16.9. The van der Waals surface area contributed by atoms with E-state index < -0.39 is 11.6 Å². The summed E-state index contributed by atoms with van der Waals surface area (Å²) >= 11 is 0. The summed E-state index contributed by atoms with van der Waals surface area (Å²) in [6, 6.07) is 15.2. The molecule has 0 atom stereocenters. The number of fused-ring (bicyclic) bond motifs is 1. The van der Waals surface area contributed by atoms with E-state index in [1.165, 1.54) is 18.3 Å². The van der Waals surface area contributed by atoms with Crippen LogP contribution in [0, 0.1) is 11.6 Å². The van der Waals surface area contributed by atoms with Crippen LogP contribution in [-0.4, -0.2) is 37.1 Å². The Labute approximate surface area is 181 Å². The van der Waals surface area contributed by atoms with E-state index in [4.69, 9.17) is 4.74 Å². The van der Waals surface area contributed by atoms with Gasteiger partial charge in [0.1, 0.15) is 17.1 Å². The van der Waals surface area contributed by atoms with Gasteiger partial charge in [-0.15, -0.1) is 0 Å². The van der Waals surface area contributed by atoms with Crippen LogP contribution in [0.2, 0.25) is 0 Å². The molecule has 0 saturated heterocycles. The summed E-state index contributed by atoms with van der Waals surface area (Å²) in [7, 11) is 1.61. The zero-order chi connectivity index (χ0) is 22.1. The quantitative estimate of drug-likeness (QED) is 0.415. The first-order valence-corrected chi connectivity index (χ1v) is 9.72. The van der Waals surface area contributed by atoms with Crippen molar-refractivity contribution in [1.82, 2.24) is 29.9 Å². The van der Waals surface area contributed by atoms with Crippen molar-refractivity contribution >= 4 is 0 Å². The fourth-order valence-electron chi connectivity index (χ4n) is 3.29. The van der Waals surface area contributed by atoms with Gasteiger partial charge in [0.2, 0.25) is 0 Å². The Morgan fingerprint density at radius 1 is 0.906 bits per heavy atom. The van der Waals surface area contributed by atoms with Gasteiger partial charge in [-0.05, 0) is 36.4 Å². The molecule has 0 amide bonds. The Morgan fingerprint density at radius 2 is 1.75 bits per heavy atom. The van der Waals surface area contributed by atoms with Gasteiger partial charge in [-0.25, -0.2) is 18.7 Å². The van der Waals surface area contributed by atoms with E-state index in [1.54, 1.807) is 18.0 Å². The molecule has 0 bridgehead atoms. The zero-order valence-electron chi connectivity index (χ0n) is 16.9. The monoisotopic (exact) mass is 430 g/mol. The second kappa shape index (κ2) is 8.10. The second-order valence-corrected chi connectivity index (χ2v) is 7.03. The largest absolute Gasteiger partial charge is 0.497 e. The Hall–Kier alpha value is -4.27. The Bertz CT molecular complexity index is 1370. The minimum absolute atomic E-state index is 0.00625. The molecule has 0 spiro atoms. The average Bonchev–Trinajstić information content (AvgIpc) is 3.24. The molecule has 3 aromatic rings. The third-order valence-corrected chi connectivity index (χ3v) is 4.92. The van der Waals surface area contributed by atoms with Crippen LogP contribution < -0.4 is 4.74 Å². The maximum Gasteiger partial charge on any atom is 0.169 e. The lowest BCUT2D eigenvalue weighted by atomic mass is 10.1. The molecule has 1 aromatic heterocycles. The van der Waals surface area contributed by atoms with Crippen molar-refractivity contribution < 1.29 is 13.5 Å². The maximum absolute atomic E-state index is 14.1. The normalized spacial score (nSPS) is 11.1. The highest BCUT2D eigenvalue weighted by molar-refractivity contribution is 5.65. The Balaban J connectivity index is 1.38. The van der Waals surface area contributed by atoms with Crippen LogP contribution in [0.25, 0.3) is 34.0 Å². The van der Waals surface area contributed by atoms with Crippen LogP contribution in [0.3, 0.4) is 0 Å². The molecular formula is C23H16F2N6O. The number of rotatable bonds is 5. The molecule has 2 aliphatic heterocycles. The first-order chi connectivity index (χ1) is 15.6. The van der Waals surface area contributed by atoms with E-state index >= 15 is 0 Å². The number of imidazole rings is 1. The molecule has 32 heavy (non-hydrogen) atoms. The molecule has 0 N–H and O–H groups in total. The van der Waals surface area contributed by atoms with Crippen LogP contribution >= 0.6 is 0 Å². The average molecular weight is 430 g/mol. The fourth-order valence-corrected chi connectivity index (χ4v) is 3.29. The molecule has 3 heterocycles. The van der Waals surface area contributed by atoms with Crippen molar-refractivity contribution in [3.05, 3.63) is 84.3 Å². The Morgan fingerprint density at radius 3 is 2.56 bits per heavy atom. The molecule has 0 fully saturated rings. The van der Waals surface area contributed by atoms with Crippen molar-refractivity contribution in [2.24, 2.45) is 0 Å². The van der Waals surface area contributed by atoms with E-state index in [0.29, 0.717) is 23.6 Å². The molecule has 9 heteroatoms. The van der Waals surface area contributed by atoms with Crippen LogP contribution in [0.4, 0.5) is 8.78 Å². The summed E-state index contributed by atoms with van der Waals surface area (Å²) in [5, 5.41) is 12.9. The van der Waals surface area contributed by atoms with Crippen molar-refractivity contribution in [3.63, 3.8) is 0 Å².